The summed E-state index contributed by atoms with van der Waals surface area (Å²) in [6, 6.07) is 14.9. The molecule has 0 N–H and O–H groups in total. The van der Waals surface area contributed by atoms with Gasteiger partial charge in [0.2, 0.25) is 0 Å². The zero-order valence-corrected chi connectivity index (χ0v) is 12.7. The molecule has 0 atom stereocenters. The number of rotatable bonds is 5. The fourth-order valence-corrected chi connectivity index (χ4v) is 2.39. The summed E-state index contributed by atoms with van der Waals surface area (Å²) in [5, 5.41) is 0.955. The maximum absolute atomic E-state index is 12.2. The van der Waals surface area contributed by atoms with E-state index < -0.39 is 0 Å². The molecule has 2 aromatic rings. The maximum atomic E-state index is 12.2. The van der Waals surface area contributed by atoms with E-state index >= 15 is 0 Å². The molecule has 20 heavy (non-hydrogen) atoms. The Morgan fingerprint density at radius 2 is 1.80 bits per heavy atom. The van der Waals surface area contributed by atoms with Crippen LogP contribution in [-0.2, 0) is 6.54 Å². The van der Waals surface area contributed by atoms with Gasteiger partial charge in [0.05, 0.1) is 11.6 Å². The van der Waals surface area contributed by atoms with Crippen LogP contribution in [0.5, 0.6) is 0 Å². The van der Waals surface area contributed by atoms with E-state index in [0.717, 1.165) is 0 Å². The van der Waals surface area contributed by atoms with Crippen LogP contribution in [0.4, 0.5) is 0 Å². The van der Waals surface area contributed by atoms with Crippen LogP contribution < -0.4 is 0 Å². The molecule has 0 saturated heterocycles. The number of carbonyl (C=O) groups excluding carboxylic acids is 1. The smallest absolute Gasteiger partial charge is 0.178 e. The molecule has 2 aromatic carbocycles. The number of Topliss-reactive ketones (excluding diaryl/α,β-unsaturated/α-hetero) is 1. The minimum absolute atomic E-state index is 0.0315. The van der Waals surface area contributed by atoms with Crippen molar-refractivity contribution in [1.82, 2.24) is 4.90 Å². The van der Waals surface area contributed by atoms with E-state index in [1.165, 1.54) is 5.56 Å². The van der Waals surface area contributed by atoms with Gasteiger partial charge in [0.25, 0.3) is 0 Å². The Morgan fingerprint density at radius 1 is 1.10 bits per heavy atom. The fraction of sp³-hybridized carbons (Fsp3) is 0.188. The Balaban J connectivity index is 2.02. The third-order valence-electron chi connectivity index (χ3n) is 2.94. The van der Waals surface area contributed by atoms with Crippen LogP contribution in [0.25, 0.3) is 0 Å². The molecule has 0 aliphatic carbocycles. The van der Waals surface area contributed by atoms with Crippen molar-refractivity contribution in [3.05, 3.63) is 69.7 Å². The highest BCUT2D eigenvalue weighted by molar-refractivity contribution is 6.36. The van der Waals surface area contributed by atoms with Crippen LogP contribution in [-0.4, -0.2) is 24.3 Å². The van der Waals surface area contributed by atoms with Gasteiger partial charge in [-0.3, -0.25) is 9.69 Å². The van der Waals surface area contributed by atoms with E-state index in [9.17, 15) is 4.79 Å². The lowest BCUT2D eigenvalue weighted by atomic mass is 10.1. The van der Waals surface area contributed by atoms with Crippen molar-refractivity contribution < 1.29 is 4.79 Å². The summed E-state index contributed by atoms with van der Waals surface area (Å²) in [7, 11) is 1.91. The number of hydrogen-bond acceptors (Lipinski definition) is 2. The second kappa shape index (κ2) is 6.89. The van der Waals surface area contributed by atoms with E-state index in [4.69, 9.17) is 23.2 Å². The Kier molecular flexibility index (Phi) is 5.18. The number of carbonyl (C=O) groups is 1. The van der Waals surface area contributed by atoms with E-state index in [2.05, 4.69) is 0 Å². The van der Waals surface area contributed by atoms with Crippen molar-refractivity contribution in [3.63, 3.8) is 0 Å². The summed E-state index contributed by atoms with van der Waals surface area (Å²) in [6.45, 7) is 1.01. The van der Waals surface area contributed by atoms with E-state index in [0.29, 0.717) is 28.7 Å². The first kappa shape index (κ1) is 15.0. The van der Waals surface area contributed by atoms with E-state index in [1.54, 1.807) is 18.2 Å². The molecule has 0 aliphatic rings. The lowest BCUT2D eigenvalue weighted by Gasteiger charge is -2.16. The zero-order chi connectivity index (χ0) is 14.5. The topological polar surface area (TPSA) is 20.3 Å². The largest absolute Gasteiger partial charge is 0.295 e. The Labute approximate surface area is 128 Å². The lowest BCUT2D eigenvalue weighted by molar-refractivity contribution is 0.0943. The molecule has 0 heterocycles. The summed E-state index contributed by atoms with van der Waals surface area (Å²) < 4.78 is 0. The molecule has 0 aromatic heterocycles. The Bertz CT molecular complexity index is 599. The highest BCUT2D eigenvalue weighted by Crippen LogP contribution is 2.21. The van der Waals surface area contributed by atoms with Gasteiger partial charge in [0.15, 0.2) is 5.78 Å². The Morgan fingerprint density at radius 3 is 2.50 bits per heavy atom. The van der Waals surface area contributed by atoms with Crippen LogP contribution in [0.3, 0.4) is 0 Å². The van der Waals surface area contributed by atoms with Gasteiger partial charge in [-0.25, -0.2) is 0 Å². The Hall–Kier alpha value is -1.35. The molecular weight excluding hydrogens is 293 g/mol. The van der Waals surface area contributed by atoms with Crippen molar-refractivity contribution in [2.75, 3.05) is 13.6 Å². The highest BCUT2D eigenvalue weighted by atomic mass is 35.5. The minimum atomic E-state index is -0.0315. The van der Waals surface area contributed by atoms with Gasteiger partial charge in [-0.05, 0) is 30.8 Å². The third-order valence-corrected chi connectivity index (χ3v) is 3.50. The van der Waals surface area contributed by atoms with E-state index in [-0.39, 0.29) is 5.78 Å². The maximum Gasteiger partial charge on any atom is 0.178 e. The summed E-state index contributed by atoms with van der Waals surface area (Å²) in [6.07, 6.45) is 0. The van der Waals surface area contributed by atoms with Gasteiger partial charge < -0.3 is 0 Å². The molecule has 0 spiro atoms. The number of halogens is 2. The van der Waals surface area contributed by atoms with Crippen LogP contribution >= 0.6 is 23.2 Å². The molecule has 104 valence electrons. The summed E-state index contributed by atoms with van der Waals surface area (Å²) in [5.74, 6) is -0.0315. The zero-order valence-electron chi connectivity index (χ0n) is 11.1. The van der Waals surface area contributed by atoms with Crippen LogP contribution in [0.1, 0.15) is 15.9 Å². The average Bonchev–Trinajstić information content (AvgIpc) is 2.42. The first-order chi connectivity index (χ1) is 9.56. The number of nitrogens with zero attached hydrogens (tertiary/aromatic N) is 1. The SMILES string of the molecule is CN(CC(=O)c1cc(Cl)ccc1Cl)Cc1ccccc1. The standard InChI is InChI=1S/C16H15Cl2NO/c1-19(10-12-5-3-2-4-6-12)11-16(20)14-9-13(17)7-8-15(14)18/h2-9H,10-11H2,1H3. The van der Waals surface area contributed by atoms with E-state index in [1.807, 2.05) is 42.3 Å². The van der Waals surface area contributed by atoms with Crippen molar-refractivity contribution >= 4 is 29.0 Å². The number of ketones is 1. The molecular formula is C16H15Cl2NO. The first-order valence-corrected chi connectivity index (χ1v) is 7.02. The molecule has 0 saturated carbocycles. The van der Waals surface area contributed by atoms with Crippen LogP contribution in [0.2, 0.25) is 10.0 Å². The van der Waals surface area contributed by atoms with Gasteiger partial charge in [0.1, 0.15) is 0 Å². The molecule has 4 heteroatoms. The van der Waals surface area contributed by atoms with Crippen molar-refractivity contribution in [1.29, 1.82) is 0 Å². The molecule has 0 fully saturated rings. The monoisotopic (exact) mass is 307 g/mol. The molecule has 0 amide bonds. The van der Waals surface area contributed by atoms with Gasteiger partial charge in [-0.2, -0.15) is 0 Å². The average molecular weight is 308 g/mol. The summed E-state index contributed by atoms with van der Waals surface area (Å²) in [4.78, 5) is 14.2. The van der Waals surface area contributed by atoms with Crippen LogP contribution in [0, 0.1) is 0 Å². The quantitative estimate of drug-likeness (QED) is 0.767. The molecule has 0 unspecified atom stereocenters. The predicted octanol–water partition coefficient (Wildman–Crippen LogP) is 4.31. The van der Waals surface area contributed by atoms with Gasteiger partial charge in [0, 0.05) is 17.1 Å². The summed E-state index contributed by atoms with van der Waals surface area (Å²) in [5.41, 5.74) is 1.64. The molecule has 0 bridgehead atoms. The van der Waals surface area contributed by atoms with Crippen molar-refractivity contribution in [3.8, 4) is 0 Å². The molecule has 2 rings (SSSR count). The lowest BCUT2D eigenvalue weighted by Crippen LogP contribution is -2.25. The summed E-state index contributed by atoms with van der Waals surface area (Å²) >= 11 is 11.9. The first-order valence-electron chi connectivity index (χ1n) is 6.27. The number of benzene rings is 2. The second-order valence-corrected chi connectivity index (χ2v) is 5.55. The minimum Gasteiger partial charge on any atom is -0.295 e. The third kappa shape index (κ3) is 4.07. The van der Waals surface area contributed by atoms with Gasteiger partial charge in [-0.15, -0.1) is 0 Å². The number of hydrogen-bond donors (Lipinski definition) is 0. The predicted molar refractivity (Wildman–Crippen MR) is 83.6 cm³/mol. The van der Waals surface area contributed by atoms with Gasteiger partial charge in [-0.1, -0.05) is 53.5 Å². The number of likely N-dealkylation sites (N-methyl/N-ethyl adjacent to an activating group) is 1. The second-order valence-electron chi connectivity index (χ2n) is 4.71. The van der Waals surface area contributed by atoms with Crippen LogP contribution in [0.15, 0.2) is 48.5 Å². The molecule has 0 aliphatic heterocycles. The highest BCUT2D eigenvalue weighted by Gasteiger charge is 2.13. The fourth-order valence-electron chi connectivity index (χ4n) is 1.99. The molecule has 2 nitrogen and oxygen atoms in total. The van der Waals surface area contributed by atoms with Crippen molar-refractivity contribution in [2.24, 2.45) is 0 Å². The molecule has 0 radical (unpaired) electrons. The normalized spacial score (nSPS) is 10.8. The van der Waals surface area contributed by atoms with Crippen molar-refractivity contribution in [2.45, 2.75) is 6.54 Å². The van der Waals surface area contributed by atoms with Gasteiger partial charge >= 0.3 is 0 Å².